The Bertz CT molecular complexity index is 859. The molecular weight excluding hydrogens is 350 g/mol. The van der Waals surface area contributed by atoms with Crippen LogP contribution in [0.15, 0.2) is 35.5 Å². The van der Waals surface area contributed by atoms with Crippen LogP contribution in [-0.4, -0.2) is 62.1 Å². The number of hydrogen-bond acceptors (Lipinski definition) is 3. The molecule has 3 rings (SSSR count). The number of benzene rings is 1. The summed E-state index contributed by atoms with van der Waals surface area (Å²) in [6, 6.07) is 8.27. The van der Waals surface area contributed by atoms with Crippen LogP contribution in [0.2, 0.25) is 0 Å². The Labute approximate surface area is 154 Å². The van der Waals surface area contributed by atoms with Crippen molar-refractivity contribution in [3.8, 4) is 0 Å². The van der Waals surface area contributed by atoms with Crippen molar-refractivity contribution in [3.05, 3.63) is 36.0 Å². The van der Waals surface area contributed by atoms with Crippen molar-refractivity contribution in [1.29, 1.82) is 0 Å². The van der Waals surface area contributed by atoms with Gasteiger partial charge in [0.25, 0.3) is 0 Å². The molecule has 2 heterocycles. The second-order valence-electron chi connectivity index (χ2n) is 6.37. The van der Waals surface area contributed by atoms with Gasteiger partial charge in [-0.3, -0.25) is 4.99 Å². The molecule has 0 bridgehead atoms. The monoisotopic (exact) mass is 377 g/mol. The summed E-state index contributed by atoms with van der Waals surface area (Å²) < 4.78 is 25.2. The minimum atomic E-state index is -3.04. The van der Waals surface area contributed by atoms with Crippen molar-refractivity contribution in [2.75, 3.05) is 38.5 Å². The summed E-state index contributed by atoms with van der Waals surface area (Å²) in [4.78, 5) is 7.79. The Morgan fingerprint density at radius 3 is 2.92 bits per heavy atom. The number of aliphatic imine (C=N–C) groups is 1. The Balaban J connectivity index is 1.51. The first-order valence-corrected chi connectivity index (χ1v) is 10.8. The second kappa shape index (κ2) is 8.55. The maximum absolute atomic E-state index is 11.8. The van der Waals surface area contributed by atoms with E-state index in [0.717, 1.165) is 37.4 Å². The molecule has 7 nitrogen and oxygen atoms in total. The third-order valence-electron chi connectivity index (χ3n) is 4.53. The molecule has 0 amide bonds. The van der Waals surface area contributed by atoms with Crippen LogP contribution in [0.25, 0.3) is 10.9 Å². The summed E-state index contributed by atoms with van der Waals surface area (Å²) >= 11 is 0. The highest BCUT2D eigenvalue weighted by atomic mass is 32.2. The first-order valence-electron chi connectivity index (χ1n) is 9.15. The van der Waals surface area contributed by atoms with E-state index in [2.05, 4.69) is 38.9 Å². The van der Waals surface area contributed by atoms with Gasteiger partial charge < -0.3 is 15.6 Å². The van der Waals surface area contributed by atoms with Crippen molar-refractivity contribution in [1.82, 2.24) is 19.9 Å². The van der Waals surface area contributed by atoms with Crippen LogP contribution in [0.1, 0.15) is 18.9 Å². The minimum Gasteiger partial charge on any atom is -0.361 e. The van der Waals surface area contributed by atoms with Gasteiger partial charge >= 0.3 is 0 Å². The largest absolute Gasteiger partial charge is 0.361 e. The molecule has 8 heteroatoms. The molecule has 0 saturated carbocycles. The number of rotatable bonds is 7. The first kappa shape index (κ1) is 18.7. The van der Waals surface area contributed by atoms with E-state index in [0.29, 0.717) is 19.6 Å². The van der Waals surface area contributed by atoms with Gasteiger partial charge in [0.05, 0.1) is 12.3 Å². The summed E-state index contributed by atoms with van der Waals surface area (Å²) in [7, 11) is -3.04. The normalized spacial score (nSPS) is 17.7. The number of hydrogen-bond donors (Lipinski definition) is 3. The molecule has 1 saturated heterocycles. The van der Waals surface area contributed by atoms with Gasteiger partial charge in [0.1, 0.15) is 0 Å². The Morgan fingerprint density at radius 1 is 1.31 bits per heavy atom. The van der Waals surface area contributed by atoms with E-state index in [-0.39, 0.29) is 5.75 Å². The van der Waals surface area contributed by atoms with E-state index in [9.17, 15) is 8.42 Å². The van der Waals surface area contributed by atoms with Crippen LogP contribution >= 0.6 is 0 Å². The van der Waals surface area contributed by atoms with E-state index < -0.39 is 10.0 Å². The van der Waals surface area contributed by atoms with Crippen LogP contribution in [0.3, 0.4) is 0 Å². The molecule has 1 aromatic heterocycles. The number of H-pyrrole nitrogens is 1. The molecule has 0 spiro atoms. The van der Waals surface area contributed by atoms with Crippen LogP contribution in [0, 0.1) is 0 Å². The summed E-state index contributed by atoms with van der Waals surface area (Å²) in [5.41, 5.74) is 2.42. The van der Waals surface area contributed by atoms with Gasteiger partial charge in [0.2, 0.25) is 10.0 Å². The highest BCUT2D eigenvalue weighted by Crippen LogP contribution is 2.17. The lowest BCUT2D eigenvalue weighted by Gasteiger charge is -2.14. The Morgan fingerprint density at radius 2 is 2.15 bits per heavy atom. The SMILES string of the molecule is CCNC(=NCCN1CCCS1(=O)=O)NCCc1c[nH]c2ccccc12. The molecule has 0 unspecified atom stereocenters. The van der Waals surface area contributed by atoms with E-state index in [1.807, 2.05) is 19.1 Å². The molecule has 2 aromatic rings. The van der Waals surface area contributed by atoms with Crippen LogP contribution in [0.4, 0.5) is 0 Å². The maximum Gasteiger partial charge on any atom is 0.214 e. The fraction of sp³-hybridized carbons (Fsp3) is 0.500. The van der Waals surface area contributed by atoms with E-state index >= 15 is 0 Å². The molecule has 1 fully saturated rings. The molecule has 1 aromatic carbocycles. The molecule has 26 heavy (non-hydrogen) atoms. The average Bonchev–Trinajstić information content (AvgIpc) is 3.18. The molecule has 0 radical (unpaired) electrons. The minimum absolute atomic E-state index is 0.264. The number of nitrogens with zero attached hydrogens (tertiary/aromatic N) is 2. The number of sulfonamides is 1. The van der Waals surface area contributed by atoms with Crippen LogP contribution in [-0.2, 0) is 16.4 Å². The summed E-state index contributed by atoms with van der Waals surface area (Å²) in [6.45, 7) is 5.06. The summed E-state index contributed by atoms with van der Waals surface area (Å²) in [5, 5.41) is 7.78. The average molecular weight is 378 g/mol. The van der Waals surface area contributed by atoms with E-state index in [1.54, 1.807) is 0 Å². The summed E-state index contributed by atoms with van der Waals surface area (Å²) in [5.74, 6) is 0.989. The van der Waals surface area contributed by atoms with Crippen molar-refractivity contribution < 1.29 is 8.42 Å². The number of nitrogens with one attached hydrogen (secondary N) is 3. The predicted octanol–water partition coefficient (Wildman–Crippen LogP) is 1.30. The lowest BCUT2D eigenvalue weighted by atomic mass is 10.1. The molecule has 142 valence electrons. The molecule has 0 atom stereocenters. The first-order chi connectivity index (χ1) is 12.6. The van der Waals surface area contributed by atoms with E-state index in [1.165, 1.54) is 15.3 Å². The van der Waals surface area contributed by atoms with Gasteiger partial charge in [-0.05, 0) is 31.4 Å². The zero-order valence-corrected chi connectivity index (χ0v) is 16.0. The zero-order chi connectivity index (χ0) is 18.4. The fourth-order valence-corrected chi connectivity index (χ4v) is 4.73. The topological polar surface area (TPSA) is 89.6 Å². The summed E-state index contributed by atoms with van der Waals surface area (Å²) in [6.07, 6.45) is 3.65. The van der Waals surface area contributed by atoms with Gasteiger partial charge in [0, 0.05) is 43.3 Å². The standard InChI is InChI=1S/C18H27N5O2S/c1-2-19-18(21-10-12-23-11-5-13-26(23,24)25)20-9-8-15-14-22-17-7-4-3-6-16(15)17/h3-4,6-7,14,22H,2,5,8-13H2,1H3,(H2,19,20,21). The van der Waals surface area contributed by atoms with Crippen LogP contribution < -0.4 is 10.6 Å². The Kier molecular flexibility index (Phi) is 6.16. The van der Waals surface area contributed by atoms with Gasteiger partial charge in [0.15, 0.2) is 5.96 Å². The third kappa shape index (κ3) is 4.56. The van der Waals surface area contributed by atoms with Gasteiger partial charge in [-0.25, -0.2) is 12.7 Å². The van der Waals surface area contributed by atoms with Crippen molar-refractivity contribution in [2.24, 2.45) is 4.99 Å². The highest BCUT2D eigenvalue weighted by Gasteiger charge is 2.27. The highest BCUT2D eigenvalue weighted by molar-refractivity contribution is 7.89. The van der Waals surface area contributed by atoms with Gasteiger partial charge in [-0.2, -0.15) is 0 Å². The maximum atomic E-state index is 11.8. The molecule has 0 aliphatic carbocycles. The number of para-hydroxylation sites is 1. The second-order valence-corrected chi connectivity index (χ2v) is 8.45. The van der Waals surface area contributed by atoms with Crippen LogP contribution in [0.5, 0.6) is 0 Å². The Hall–Kier alpha value is -2.06. The lowest BCUT2D eigenvalue weighted by Crippen LogP contribution is -2.39. The third-order valence-corrected chi connectivity index (χ3v) is 6.48. The molecule has 3 N–H and O–H groups in total. The fourth-order valence-electron chi connectivity index (χ4n) is 3.21. The van der Waals surface area contributed by atoms with E-state index in [4.69, 9.17) is 0 Å². The number of fused-ring (bicyclic) bond motifs is 1. The number of aromatic amines is 1. The zero-order valence-electron chi connectivity index (χ0n) is 15.2. The quantitative estimate of drug-likeness (QED) is 0.501. The number of guanidine groups is 1. The smallest absolute Gasteiger partial charge is 0.214 e. The number of aromatic nitrogens is 1. The lowest BCUT2D eigenvalue weighted by molar-refractivity contribution is 0.452. The molecular formula is C18H27N5O2S. The van der Waals surface area contributed by atoms with Crippen molar-refractivity contribution in [2.45, 2.75) is 19.8 Å². The van der Waals surface area contributed by atoms with Gasteiger partial charge in [-0.15, -0.1) is 0 Å². The van der Waals surface area contributed by atoms with Crippen molar-refractivity contribution in [3.63, 3.8) is 0 Å². The van der Waals surface area contributed by atoms with Gasteiger partial charge in [-0.1, -0.05) is 18.2 Å². The molecule has 1 aliphatic heterocycles. The van der Waals surface area contributed by atoms with Crippen molar-refractivity contribution >= 4 is 26.9 Å². The predicted molar refractivity (Wildman–Crippen MR) is 106 cm³/mol. The molecule has 1 aliphatic rings.